The third-order valence-electron chi connectivity index (χ3n) is 2.70. The number of aromatic nitrogens is 4. The molecule has 108 valence electrons. The molecule has 7 heteroatoms. The highest BCUT2D eigenvalue weighted by molar-refractivity contribution is 5.38. The Balaban J connectivity index is 2.20. The molecule has 2 aromatic heterocycles. The summed E-state index contributed by atoms with van der Waals surface area (Å²) in [6.45, 7) is 6.17. The first-order chi connectivity index (χ1) is 9.62. The van der Waals surface area contributed by atoms with Gasteiger partial charge in [0.2, 0.25) is 5.88 Å². The van der Waals surface area contributed by atoms with E-state index in [9.17, 15) is 0 Å². The number of rotatable bonds is 6. The van der Waals surface area contributed by atoms with Gasteiger partial charge in [0.25, 0.3) is 0 Å². The van der Waals surface area contributed by atoms with Gasteiger partial charge in [-0.25, -0.2) is 10.8 Å². The highest BCUT2D eigenvalue weighted by Gasteiger charge is 2.08. The van der Waals surface area contributed by atoms with Gasteiger partial charge in [0.05, 0.1) is 12.4 Å². The van der Waals surface area contributed by atoms with Gasteiger partial charge in [-0.1, -0.05) is 6.92 Å². The molecule has 0 atom stereocenters. The van der Waals surface area contributed by atoms with Crippen molar-refractivity contribution in [3.05, 3.63) is 24.3 Å². The van der Waals surface area contributed by atoms with Crippen LogP contribution in [0.25, 0.3) is 0 Å². The molecule has 0 aliphatic heterocycles. The molecular formula is C13H20N6O. The zero-order valence-electron chi connectivity index (χ0n) is 12.0. The Bertz CT molecular complexity index is 566. The molecule has 0 saturated heterocycles. The maximum Gasteiger partial charge on any atom is 0.224 e. The number of hydrazine groups is 1. The summed E-state index contributed by atoms with van der Waals surface area (Å²) in [6.07, 6.45) is 5.23. The average Bonchev–Trinajstić information content (AvgIpc) is 2.87. The number of anilines is 1. The maximum absolute atomic E-state index is 5.71. The second-order valence-corrected chi connectivity index (χ2v) is 4.75. The molecule has 0 bridgehead atoms. The highest BCUT2D eigenvalue weighted by Crippen LogP contribution is 2.22. The Morgan fingerprint density at radius 1 is 1.40 bits per heavy atom. The Kier molecular flexibility index (Phi) is 4.52. The van der Waals surface area contributed by atoms with E-state index in [0.717, 1.165) is 12.8 Å². The molecule has 0 radical (unpaired) electrons. The Morgan fingerprint density at radius 3 is 2.80 bits per heavy atom. The number of hydrogen-bond donors (Lipinski definition) is 2. The third kappa shape index (κ3) is 3.45. The van der Waals surface area contributed by atoms with Crippen LogP contribution in [0.2, 0.25) is 0 Å². The van der Waals surface area contributed by atoms with Crippen LogP contribution in [-0.4, -0.2) is 19.7 Å². The van der Waals surface area contributed by atoms with E-state index in [1.165, 1.54) is 0 Å². The number of hydrogen-bond acceptors (Lipinski definition) is 6. The molecule has 0 amide bonds. The normalized spacial score (nSPS) is 10.8. The number of nitrogens with two attached hydrogens (primary N) is 1. The van der Waals surface area contributed by atoms with Gasteiger partial charge in [-0.3, -0.25) is 4.68 Å². The number of ether oxygens (including phenoxy) is 1. The van der Waals surface area contributed by atoms with E-state index in [1.807, 2.05) is 10.9 Å². The Hall–Kier alpha value is -2.15. The fourth-order valence-corrected chi connectivity index (χ4v) is 1.71. The topological polar surface area (TPSA) is 90.9 Å². The minimum atomic E-state index is 0.287. The van der Waals surface area contributed by atoms with Crippen molar-refractivity contribution in [1.82, 2.24) is 19.7 Å². The fraction of sp³-hybridized carbons (Fsp3) is 0.462. The van der Waals surface area contributed by atoms with Crippen LogP contribution in [0, 0.1) is 0 Å². The smallest absolute Gasteiger partial charge is 0.224 e. The lowest BCUT2D eigenvalue weighted by Crippen LogP contribution is -2.10. The Labute approximate surface area is 118 Å². The van der Waals surface area contributed by atoms with Crippen LogP contribution < -0.4 is 16.0 Å². The van der Waals surface area contributed by atoms with Gasteiger partial charge < -0.3 is 10.2 Å². The number of nitrogens with zero attached hydrogens (tertiary/aromatic N) is 4. The van der Waals surface area contributed by atoms with E-state index in [-0.39, 0.29) is 6.04 Å². The van der Waals surface area contributed by atoms with Crippen LogP contribution >= 0.6 is 0 Å². The first-order valence-corrected chi connectivity index (χ1v) is 6.69. The van der Waals surface area contributed by atoms with Crippen molar-refractivity contribution in [3.63, 3.8) is 0 Å². The van der Waals surface area contributed by atoms with Gasteiger partial charge >= 0.3 is 0 Å². The molecule has 0 spiro atoms. The molecule has 2 rings (SSSR count). The SMILES string of the molecule is CCCc1nc(NN)cc(Oc2cnn(C(C)C)c2)n1. The monoisotopic (exact) mass is 276 g/mol. The third-order valence-corrected chi connectivity index (χ3v) is 2.70. The van der Waals surface area contributed by atoms with Crippen molar-refractivity contribution >= 4 is 5.82 Å². The average molecular weight is 276 g/mol. The van der Waals surface area contributed by atoms with Gasteiger partial charge in [0.15, 0.2) is 5.75 Å². The first-order valence-electron chi connectivity index (χ1n) is 6.69. The molecule has 0 aliphatic carbocycles. The predicted molar refractivity (Wildman–Crippen MR) is 76.5 cm³/mol. The standard InChI is InChI=1S/C13H20N6O/c1-4-5-11-16-12(18-14)6-13(17-11)20-10-7-15-19(8-10)9(2)3/h6-9H,4-5,14H2,1-3H3,(H,16,17,18). The molecule has 2 aromatic rings. The summed E-state index contributed by atoms with van der Waals surface area (Å²) in [4.78, 5) is 8.62. The maximum atomic E-state index is 5.71. The Morgan fingerprint density at radius 2 is 2.20 bits per heavy atom. The molecular weight excluding hydrogens is 256 g/mol. The summed E-state index contributed by atoms with van der Waals surface area (Å²) in [7, 11) is 0. The minimum absolute atomic E-state index is 0.287. The van der Waals surface area contributed by atoms with Crippen molar-refractivity contribution in [1.29, 1.82) is 0 Å². The summed E-state index contributed by atoms with van der Waals surface area (Å²) >= 11 is 0. The van der Waals surface area contributed by atoms with Crippen LogP contribution in [-0.2, 0) is 6.42 Å². The zero-order valence-corrected chi connectivity index (χ0v) is 12.0. The van der Waals surface area contributed by atoms with Gasteiger partial charge in [-0.05, 0) is 20.3 Å². The molecule has 0 aliphatic rings. The highest BCUT2D eigenvalue weighted by atomic mass is 16.5. The molecule has 2 heterocycles. The van der Waals surface area contributed by atoms with E-state index in [1.54, 1.807) is 12.3 Å². The summed E-state index contributed by atoms with van der Waals surface area (Å²) < 4.78 is 7.53. The van der Waals surface area contributed by atoms with E-state index in [4.69, 9.17) is 10.6 Å². The quantitative estimate of drug-likeness (QED) is 0.621. The lowest BCUT2D eigenvalue weighted by atomic mass is 10.3. The molecule has 3 N–H and O–H groups in total. The molecule has 0 aromatic carbocycles. The zero-order chi connectivity index (χ0) is 14.5. The number of aryl methyl sites for hydroxylation is 1. The molecule has 7 nitrogen and oxygen atoms in total. The van der Waals surface area contributed by atoms with Crippen molar-refractivity contribution in [2.75, 3.05) is 5.43 Å². The summed E-state index contributed by atoms with van der Waals surface area (Å²) in [5.41, 5.74) is 2.52. The fourth-order valence-electron chi connectivity index (χ4n) is 1.71. The molecule has 0 saturated carbocycles. The number of nitrogen functional groups attached to an aromatic ring is 1. The first kappa shape index (κ1) is 14.3. The van der Waals surface area contributed by atoms with Crippen LogP contribution in [0.5, 0.6) is 11.6 Å². The number of nitrogens with one attached hydrogen (secondary N) is 1. The lowest BCUT2D eigenvalue weighted by Gasteiger charge is -2.07. The lowest BCUT2D eigenvalue weighted by molar-refractivity contribution is 0.455. The predicted octanol–water partition coefficient (Wildman–Crippen LogP) is 2.28. The summed E-state index contributed by atoms with van der Waals surface area (Å²) in [5.74, 6) is 7.75. The van der Waals surface area contributed by atoms with Gasteiger partial charge in [-0.15, -0.1) is 0 Å². The van der Waals surface area contributed by atoms with Crippen molar-refractivity contribution in [2.24, 2.45) is 5.84 Å². The summed E-state index contributed by atoms with van der Waals surface area (Å²) in [6, 6.07) is 1.95. The second kappa shape index (κ2) is 6.33. The van der Waals surface area contributed by atoms with E-state index >= 15 is 0 Å². The van der Waals surface area contributed by atoms with Crippen LogP contribution in [0.4, 0.5) is 5.82 Å². The van der Waals surface area contributed by atoms with Crippen LogP contribution in [0.3, 0.4) is 0 Å². The van der Waals surface area contributed by atoms with Crippen molar-refractivity contribution in [3.8, 4) is 11.6 Å². The summed E-state index contributed by atoms with van der Waals surface area (Å²) in [5, 5.41) is 4.22. The van der Waals surface area contributed by atoms with Crippen LogP contribution in [0.1, 0.15) is 39.1 Å². The van der Waals surface area contributed by atoms with Crippen molar-refractivity contribution in [2.45, 2.75) is 39.7 Å². The van der Waals surface area contributed by atoms with E-state index in [0.29, 0.717) is 23.3 Å². The van der Waals surface area contributed by atoms with Gasteiger partial charge in [0.1, 0.15) is 11.6 Å². The second-order valence-electron chi connectivity index (χ2n) is 4.75. The minimum Gasteiger partial charge on any atom is -0.436 e. The molecule has 0 fully saturated rings. The molecule has 0 unspecified atom stereocenters. The largest absolute Gasteiger partial charge is 0.436 e. The van der Waals surface area contributed by atoms with E-state index < -0.39 is 0 Å². The van der Waals surface area contributed by atoms with Gasteiger partial charge in [-0.2, -0.15) is 10.1 Å². The molecule has 20 heavy (non-hydrogen) atoms. The van der Waals surface area contributed by atoms with Crippen molar-refractivity contribution < 1.29 is 4.74 Å². The van der Waals surface area contributed by atoms with Crippen LogP contribution in [0.15, 0.2) is 18.5 Å². The van der Waals surface area contributed by atoms with Gasteiger partial charge in [0, 0.05) is 18.5 Å². The van der Waals surface area contributed by atoms with E-state index in [2.05, 4.69) is 41.3 Å².